The van der Waals surface area contributed by atoms with Crippen molar-refractivity contribution in [3.05, 3.63) is 76.9 Å². The standard InChI is InChI=1S/C23H18N4O3S/c1-14-12-26-13-19(25-23(26)31-14)15-5-4-6-16(11-15)24-20(28)9-10-27-21(29)17-7-2-3-8-18(17)22(27)30/h2-8,11-13H,9-10H2,1H3,(H,24,28). The number of fused-ring (bicyclic) bond motifs is 2. The van der Waals surface area contributed by atoms with Gasteiger partial charge in [0.15, 0.2) is 4.96 Å². The smallest absolute Gasteiger partial charge is 0.261 e. The number of benzene rings is 2. The topological polar surface area (TPSA) is 83.8 Å². The molecule has 5 rings (SSSR count). The van der Waals surface area contributed by atoms with Gasteiger partial charge in [0.05, 0.1) is 16.8 Å². The second kappa shape index (κ2) is 7.48. The van der Waals surface area contributed by atoms with E-state index in [-0.39, 0.29) is 30.7 Å². The Balaban J connectivity index is 1.25. The minimum absolute atomic E-state index is 0.0230. The maximum absolute atomic E-state index is 12.5. The van der Waals surface area contributed by atoms with Gasteiger partial charge in [-0.1, -0.05) is 24.3 Å². The summed E-state index contributed by atoms with van der Waals surface area (Å²) in [6.45, 7) is 2.08. The quantitative estimate of drug-likeness (QED) is 0.485. The molecule has 8 heteroatoms. The lowest BCUT2D eigenvalue weighted by Gasteiger charge is -2.13. The molecule has 0 atom stereocenters. The summed E-state index contributed by atoms with van der Waals surface area (Å²) >= 11 is 1.62. The fourth-order valence-corrected chi connectivity index (χ4v) is 4.49. The molecule has 1 aliphatic rings. The van der Waals surface area contributed by atoms with E-state index >= 15 is 0 Å². The van der Waals surface area contributed by atoms with Crippen LogP contribution in [0.4, 0.5) is 5.69 Å². The number of aryl methyl sites for hydroxylation is 1. The molecule has 3 amide bonds. The third kappa shape index (κ3) is 3.51. The van der Waals surface area contributed by atoms with Crippen LogP contribution in [-0.2, 0) is 4.79 Å². The third-order valence-corrected chi connectivity index (χ3v) is 6.07. The number of imidazole rings is 1. The highest BCUT2D eigenvalue weighted by atomic mass is 32.1. The molecule has 0 fully saturated rings. The zero-order valence-corrected chi connectivity index (χ0v) is 17.5. The molecule has 0 radical (unpaired) electrons. The summed E-state index contributed by atoms with van der Waals surface area (Å²) in [4.78, 5) is 45.2. The number of carbonyl (C=O) groups is 3. The molecular formula is C23H18N4O3S. The number of carbonyl (C=O) groups excluding carboxylic acids is 3. The van der Waals surface area contributed by atoms with Crippen LogP contribution in [0.15, 0.2) is 60.9 Å². The van der Waals surface area contributed by atoms with E-state index in [1.165, 1.54) is 4.88 Å². The second-order valence-corrected chi connectivity index (χ2v) is 8.56. The largest absolute Gasteiger partial charge is 0.326 e. The normalized spacial score (nSPS) is 13.1. The van der Waals surface area contributed by atoms with Crippen molar-refractivity contribution in [2.45, 2.75) is 13.3 Å². The first-order chi connectivity index (χ1) is 15.0. The highest BCUT2D eigenvalue weighted by Crippen LogP contribution is 2.26. The first-order valence-electron chi connectivity index (χ1n) is 9.80. The Morgan fingerprint density at radius 3 is 2.48 bits per heavy atom. The number of hydrogen-bond acceptors (Lipinski definition) is 5. The molecule has 7 nitrogen and oxygen atoms in total. The fourth-order valence-electron chi connectivity index (χ4n) is 3.69. The van der Waals surface area contributed by atoms with Crippen molar-refractivity contribution in [3.8, 4) is 11.3 Å². The van der Waals surface area contributed by atoms with Gasteiger partial charge in [-0.05, 0) is 31.2 Å². The molecule has 1 N–H and O–H groups in total. The van der Waals surface area contributed by atoms with Crippen molar-refractivity contribution in [2.24, 2.45) is 0 Å². The van der Waals surface area contributed by atoms with E-state index in [9.17, 15) is 14.4 Å². The Morgan fingerprint density at radius 2 is 1.77 bits per heavy atom. The second-order valence-electron chi connectivity index (χ2n) is 7.34. The van der Waals surface area contributed by atoms with Gasteiger partial charge in [-0.25, -0.2) is 4.98 Å². The van der Waals surface area contributed by atoms with Gasteiger partial charge in [-0.2, -0.15) is 0 Å². The molecule has 0 bridgehead atoms. The van der Waals surface area contributed by atoms with Gasteiger partial charge in [-0.15, -0.1) is 11.3 Å². The number of anilines is 1. The van der Waals surface area contributed by atoms with Gasteiger partial charge in [0.1, 0.15) is 0 Å². The number of nitrogens with one attached hydrogen (secondary N) is 1. The molecule has 4 aromatic rings. The minimum atomic E-state index is -0.356. The summed E-state index contributed by atoms with van der Waals surface area (Å²) in [5.74, 6) is -0.981. The van der Waals surface area contributed by atoms with Gasteiger partial charge >= 0.3 is 0 Å². The SMILES string of the molecule is Cc1cn2cc(-c3cccc(NC(=O)CCN4C(=O)c5ccccc5C4=O)c3)nc2s1. The highest BCUT2D eigenvalue weighted by molar-refractivity contribution is 7.17. The van der Waals surface area contributed by atoms with Crippen LogP contribution in [0.5, 0.6) is 0 Å². The Bertz CT molecular complexity index is 1290. The van der Waals surface area contributed by atoms with Crippen molar-refractivity contribution < 1.29 is 14.4 Å². The maximum atomic E-state index is 12.5. The zero-order chi connectivity index (χ0) is 21.5. The molecule has 0 unspecified atom stereocenters. The highest BCUT2D eigenvalue weighted by Gasteiger charge is 2.34. The Kier molecular flexibility index (Phi) is 4.63. The first-order valence-corrected chi connectivity index (χ1v) is 10.6. The van der Waals surface area contributed by atoms with Gasteiger partial charge in [-0.3, -0.25) is 23.7 Å². The Hall–Kier alpha value is -3.78. The number of rotatable bonds is 5. The summed E-state index contributed by atoms with van der Waals surface area (Å²) in [6, 6.07) is 14.1. The lowest BCUT2D eigenvalue weighted by atomic mass is 10.1. The predicted molar refractivity (Wildman–Crippen MR) is 118 cm³/mol. The number of thiazole rings is 1. The number of amides is 3. The van der Waals surface area contributed by atoms with E-state index in [0.717, 1.165) is 21.1 Å². The van der Waals surface area contributed by atoms with Crippen LogP contribution in [0.1, 0.15) is 32.0 Å². The van der Waals surface area contributed by atoms with Gasteiger partial charge in [0.2, 0.25) is 5.91 Å². The van der Waals surface area contributed by atoms with E-state index in [0.29, 0.717) is 16.8 Å². The van der Waals surface area contributed by atoms with Crippen molar-refractivity contribution in [1.82, 2.24) is 14.3 Å². The van der Waals surface area contributed by atoms with Crippen LogP contribution in [0.25, 0.3) is 16.2 Å². The molecule has 0 spiro atoms. The van der Waals surface area contributed by atoms with Gasteiger partial charge < -0.3 is 5.32 Å². The van der Waals surface area contributed by atoms with Crippen molar-refractivity contribution in [3.63, 3.8) is 0 Å². The maximum Gasteiger partial charge on any atom is 0.261 e. The molecule has 31 heavy (non-hydrogen) atoms. The van der Waals surface area contributed by atoms with E-state index < -0.39 is 0 Å². The summed E-state index contributed by atoms with van der Waals surface area (Å²) in [7, 11) is 0. The summed E-state index contributed by atoms with van der Waals surface area (Å²) in [5.41, 5.74) is 3.13. The summed E-state index contributed by atoms with van der Waals surface area (Å²) in [6.07, 6.45) is 4.01. The van der Waals surface area contributed by atoms with Crippen LogP contribution in [0, 0.1) is 6.92 Å². The van der Waals surface area contributed by atoms with Crippen LogP contribution >= 0.6 is 11.3 Å². The molecule has 2 aromatic carbocycles. The molecule has 1 aliphatic heterocycles. The third-order valence-electron chi connectivity index (χ3n) is 5.15. The minimum Gasteiger partial charge on any atom is -0.326 e. The van der Waals surface area contributed by atoms with Gasteiger partial charge in [0, 0.05) is 41.5 Å². The molecule has 2 aromatic heterocycles. The van der Waals surface area contributed by atoms with Crippen LogP contribution in [0.2, 0.25) is 0 Å². The zero-order valence-electron chi connectivity index (χ0n) is 16.7. The monoisotopic (exact) mass is 430 g/mol. The molecule has 154 valence electrons. The van der Waals surface area contributed by atoms with Crippen molar-refractivity contribution >= 4 is 39.7 Å². The van der Waals surface area contributed by atoms with Crippen LogP contribution in [0.3, 0.4) is 0 Å². The van der Waals surface area contributed by atoms with Crippen molar-refractivity contribution in [1.29, 1.82) is 0 Å². The van der Waals surface area contributed by atoms with Gasteiger partial charge in [0.25, 0.3) is 11.8 Å². The average molecular weight is 430 g/mol. The van der Waals surface area contributed by atoms with Crippen LogP contribution in [-0.4, -0.2) is 38.6 Å². The molecular weight excluding hydrogens is 412 g/mol. The molecule has 0 saturated carbocycles. The van der Waals surface area contributed by atoms with E-state index in [1.54, 1.807) is 41.7 Å². The van der Waals surface area contributed by atoms with E-state index in [4.69, 9.17) is 0 Å². The molecule has 0 aliphatic carbocycles. The summed E-state index contributed by atoms with van der Waals surface area (Å²) < 4.78 is 1.99. The number of hydrogen-bond donors (Lipinski definition) is 1. The molecule has 0 saturated heterocycles. The number of aromatic nitrogens is 2. The van der Waals surface area contributed by atoms with E-state index in [1.807, 2.05) is 41.9 Å². The lowest BCUT2D eigenvalue weighted by molar-refractivity contribution is -0.116. The first kappa shape index (κ1) is 19.2. The Labute approximate surface area is 182 Å². The predicted octanol–water partition coefficient (Wildman–Crippen LogP) is 4.00. The Morgan fingerprint density at radius 1 is 1.03 bits per heavy atom. The number of nitrogens with zero attached hydrogens (tertiary/aromatic N) is 3. The summed E-state index contributed by atoms with van der Waals surface area (Å²) in [5, 5.41) is 2.84. The fraction of sp³-hybridized carbons (Fsp3) is 0.130. The molecule has 3 heterocycles. The lowest BCUT2D eigenvalue weighted by Crippen LogP contribution is -2.32. The average Bonchev–Trinajstić information content (AvgIpc) is 3.38. The van der Waals surface area contributed by atoms with Crippen LogP contribution < -0.4 is 5.32 Å². The van der Waals surface area contributed by atoms with Crippen molar-refractivity contribution in [2.75, 3.05) is 11.9 Å². The van der Waals surface area contributed by atoms with E-state index in [2.05, 4.69) is 10.3 Å². The number of imide groups is 1.